The monoisotopic (exact) mass is 335 g/mol. The van der Waals surface area contributed by atoms with Crippen molar-refractivity contribution in [2.24, 2.45) is 5.16 Å². The fourth-order valence-electron chi connectivity index (χ4n) is 2.39. The number of hydroxylamine groups is 2. The summed E-state index contributed by atoms with van der Waals surface area (Å²) < 4.78 is 5.17. The molecule has 0 saturated carbocycles. The number of carbonyl (C=O) groups excluding carboxylic acids is 3. The number of fused-ring (bicyclic) bond motifs is 1. The van der Waals surface area contributed by atoms with Gasteiger partial charge in [0.2, 0.25) is 5.78 Å². The maximum absolute atomic E-state index is 13.0. The molecule has 0 aromatic heterocycles. The third-order valence-corrected chi connectivity index (χ3v) is 3.59. The molecule has 2 rings (SSSR count). The highest BCUT2D eigenvalue weighted by molar-refractivity contribution is 6.35. The topological polar surface area (TPSA) is 109 Å². The van der Waals surface area contributed by atoms with Gasteiger partial charge in [0, 0.05) is 14.1 Å². The summed E-state index contributed by atoms with van der Waals surface area (Å²) >= 11 is 0. The van der Waals surface area contributed by atoms with Crippen LogP contribution in [0, 0.1) is 0 Å². The molecule has 1 aromatic carbocycles. The fraction of sp³-hybridized carbons (Fsp3) is 0.333. The molecule has 1 N–H and O–H groups in total. The van der Waals surface area contributed by atoms with Crippen LogP contribution in [0.25, 0.3) is 0 Å². The summed E-state index contributed by atoms with van der Waals surface area (Å²) in [6.45, 7) is 1.28. The molecule has 0 spiro atoms. The molecule has 1 heterocycles. The van der Waals surface area contributed by atoms with Gasteiger partial charge in [0.05, 0.1) is 5.56 Å². The minimum absolute atomic E-state index is 0.0193. The molecule has 9 heteroatoms. The highest BCUT2D eigenvalue weighted by Gasteiger charge is 2.61. The maximum Gasteiger partial charge on any atom is 0.354 e. The maximum atomic E-state index is 13.0. The highest BCUT2D eigenvalue weighted by atomic mass is 16.6. The van der Waals surface area contributed by atoms with E-state index in [1.54, 1.807) is 12.1 Å². The lowest BCUT2D eigenvalue weighted by molar-refractivity contribution is -0.159. The van der Waals surface area contributed by atoms with Gasteiger partial charge < -0.3 is 14.5 Å². The zero-order valence-electron chi connectivity index (χ0n) is 13.6. The molecular weight excluding hydrogens is 318 g/mol. The van der Waals surface area contributed by atoms with E-state index in [1.807, 2.05) is 0 Å². The molecule has 1 unspecified atom stereocenters. The smallest absolute Gasteiger partial charge is 0.354 e. The Morgan fingerprint density at radius 2 is 1.92 bits per heavy atom. The average molecular weight is 335 g/mol. The summed E-state index contributed by atoms with van der Waals surface area (Å²) in [4.78, 5) is 43.5. The van der Waals surface area contributed by atoms with Crippen molar-refractivity contribution in [3.63, 3.8) is 0 Å². The minimum Gasteiger partial charge on any atom is -0.423 e. The number of para-hydroxylation sites is 1. The van der Waals surface area contributed by atoms with E-state index >= 15 is 0 Å². The van der Waals surface area contributed by atoms with E-state index in [4.69, 9.17) is 4.74 Å². The van der Waals surface area contributed by atoms with Crippen LogP contribution in [0.3, 0.4) is 0 Å². The van der Waals surface area contributed by atoms with E-state index < -0.39 is 23.3 Å². The minimum atomic E-state index is -2.47. The summed E-state index contributed by atoms with van der Waals surface area (Å²) in [5.74, 6) is -1.95. The van der Waals surface area contributed by atoms with Crippen molar-refractivity contribution in [3.05, 3.63) is 29.8 Å². The van der Waals surface area contributed by atoms with E-state index in [2.05, 4.69) is 9.99 Å². The van der Waals surface area contributed by atoms with Crippen LogP contribution >= 0.6 is 0 Å². The van der Waals surface area contributed by atoms with Crippen LogP contribution in [0.2, 0.25) is 0 Å². The van der Waals surface area contributed by atoms with Gasteiger partial charge in [0.25, 0.3) is 5.54 Å². The Kier molecular flexibility index (Phi) is 4.56. The number of hydrogen-bond donors (Lipinski definition) is 1. The molecule has 2 amide bonds. The van der Waals surface area contributed by atoms with Crippen molar-refractivity contribution in [2.75, 3.05) is 21.2 Å². The number of benzene rings is 1. The lowest BCUT2D eigenvalue weighted by atomic mass is 9.82. The molecule has 0 aliphatic carbocycles. The number of oxime groups is 1. The first-order valence-electron chi connectivity index (χ1n) is 6.93. The van der Waals surface area contributed by atoms with E-state index in [-0.39, 0.29) is 22.1 Å². The number of esters is 1. The Morgan fingerprint density at radius 1 is 1.29 bits per heavy atom. The molecule has 0 fully saturated rings. The molecular formula is C15H17N3O6. The Hall–Kier alpha value is -2.94. The van der Waals surface area contributed by atoms with Crippen molar-refractivity contribution in [3.8, 4) is 5.75 Å². The van der Waals surface area contributed by atoms with Gasteiger partial charge in [-0.3, -0.25) is 10.0 Å². The second-order valence-corrected chi connectivity index (χ2v) is 5.27. The van der Waals surface area contributed by atoms with Crippen LogP contribution in [0.15, 0.2) is 29.4 Å². The molecule has 24 heavy (non-hydrogen) atoms. The molecule has 128 valence electrons. The van der Waals surface area contributed by atoms with Gasteiger partial charge in [-0.15, -0.1) is 0 Å². The summed E-state index contributed by atoms with van der Waals surface area (Å²) in [5.41, 5.74) is -2.67. The third kappa shape index (κ3) is 2.38. The summed E-state index contributed by atoms with van der Waals surface area (Å²) in [6.07, 6.45) is 0. The second kappa shape index (κ2) is 6.28. The lowest BCUT2D eigenvalue weighted by Crippen LogP contribution is -2.69. The molecule has 1 atom stereocenters. The fourth-order valence-corrected chi connectivity index (χ4v) is 2.39. The number of ether oxygens (including phenoxy) is 1. The van der Waals surface area contributed by atoms with Crippen molar-refractivity contribution < 1.29 is 29.2 Å². The highest BCUT2D eigenvalue weighted by Crippen LogP contribution is 2.34. The van der Waals surface area contributed by atoms with Crippen LogP contribution in [0.1, 0.15) is 17.3 Å². The first-order valence-corrected chi connectivity index (χ1v) is 6.93. The SMILES string of the molecule is CO/N=C(\C)C1(N(O)C(=O)N(C)C)C(=O)Oc2ccccc2C1=O. The number of rotatable bonds is 3. The van der Waals surface area contributed by atoms with E-state index in [0.29, 0.717) is 0 Å². The molecule has 1 aliphatic heterocycles. The number of urea groups is 1. The van der Waals surface area contributed by atoms with Gasteiger partial charge in [-0.05, 0) is 19.1 Å². The number of hydrogen-bond acceptors (Lipinski definition) is 7. The standard InChI is InChI=1S/C15H17N3O6/c1-9(16-23-4)15(18(22)14(21)17(2)3)12(19)10-7-5-6-8-11(10)24-13(15)20/h5-8,22H,1-4H3/b16-9+. The van der Waals surface area contributed by atoms with Crippen molar-refractivity contribution in [1.29, 1.82) is 0 Å². The Bertz CT molecular complexity index is 730. The Labute approximate surface area is 138 Å². The van der Waals surface area contributed by atoms with Gasteiger partial charge >= 0.3 is 12.0 Å². The second-order valence-electron chi connectivity index (χ2n) is 5.27. The molecule has 0 saturated heterocycles. The van der Waals surface area contributed by atoms with Crippen molar-refractivity contribution in [2.45, 2.75) is 12.5 Å². The van der Waals surface area contributed by atoms with Crippen LogP contribution in [-0.4, -0.2) is 65.4 Å². The summed E-state index contributed by atoms with van der Waals surface area (Å²) in [6, 6.07) is 5.02. The zero-order chi connectivity index (χ0) is 18.1. The molecule has 1 aliphatic rings. The van der Waals surface area contributed by atoms with Crippen LogP contribution in [0.5, 0.6) is 5.75 Å². The van der Waals surface area contributed by atoms with Gasteiger partial charge in [-0.2, -0.15) is 5.06 Å². The Balaban J connectivity index is 2.72. The van der Waals surface area contributed by atoms with Crippen molar-refractivity contribution >= 4 is 23.5 Å². The van der Waals surface area contributed by atoms with Gasteiger partial charge in [0.1, 0.15) is 18.6 Å². The van der Waals surface area contributed by atoms with Gasteiger partial charge in [0.15, 0.2) is 0 Å². The van der Waals surface area contributed by atoms with Crippen LogP contribution < -0.4 is 4.74 Å². The lowest BCUT2D eigenvalue weighted by Gasteiger charge is -2.39. The van der Waals surface area contributed by atoms with Crippen LogP contribution in [0.4, 0.5) is 4.79 Å². The third-order valence-electron chi connectivity index (χ3n) is 3.59. The quantitative estimate of drug-likeness (QED) is 0.220. The largest absolute Gasteiger partial charge is 0.423 e. The van der Waals surface area contributed by atoms with E-state index in [9.17, 15) is 19.6 Å². The first kappa shape index (κ1) is 17.4. The summed E-state index contributed by atoms with van der Waals surface area (Å²) in [7, 11) is 3.92. The Morgan fingerprint density at radius 3 is 2.50 bits per heavy atom. The van der Waals surface area contributed by atoms with Gasteiger partial charge in [-0.25, -0.2) is 9.59 Å². The predicted octanol–water partition coefficient (Wildman–Crippen LogP) is 0.922. The summed E-state index contributed by atoms with van der Waals surface area (Å²) in [5, 5.41) is 14.0. The van der Waals surface area contributed by atoms with Crippen molar-refractivity contribution in [1.82, 2.24) is 9.96 Å². The van der Waals surface area contributed by atoms with E-state index in [0.717, 1.165) is 4.90 Å². The number of nitrogens with zero attached hydrogens (tertiary/aromatic N) is 3. The number of carbonyl (C=O) groups is 3. The normalized spacial score (nSPS) is 20.1. The predicted molar refractivity (Wildman–Crippen MR) is 82.0 cm³/mol. The molecule has 9 nitrogen and oxygen atoms in total. The number of Topliss-reactive ketones (excluding diaryl/α,β-unsaturated/α-hetero) is 1. The molecule has 0 bridgehead atoms. The molecule has 0 radical (unpaired) electrons. The van der Waals surface area contributed by atoms with Gasteiger partial charge in [-0.1, -0.05) is 17.3 Å². The first-order chi connectivity index (χ1) is 11.3. The average Bonchev–Trinajstić information content (AvgIpc) is 2.54. The van der Waals surface area contributed by atoms with E-state index in [1.165, 1.54) is 40.3 Å². The zero-order valence-corrected chi connectivity index (χ0v) is 13.6. The van der Waals surface area contributed by atoms with Crippen LogP contribution in [-0.2, 0) is 9.63 Å². The number of amides is 2. The number of ketones is 1. The molecule has 1 aromatic rings.